The van der Waals surface area contributed by atoms with Gasteiger partial charge in [-0.05, 0) is 36.6 Å². The van der Waals surface area contributed by atoms with Crippen molar-refractivity contribution in [3.63, 3.8) is 0 Å². The zero-order chi connectivity index (χ0) is 13.7. The van der Waals surface area contributed by atoms with Crippen molar-refractivity contribution in [3.8, 4) is 0 Å². The molecule has 1 aromatic carbocycles. The van der Waals surface area contributed by atoms with Crippen molar-refractivity contribution in [2.24, 2.45) is 0 Å². The van der Waals surface area contributed by atoms with Crippen LogP contribution in [-0.2, 0) is 11.2 Å². The molecular formula is C14H14ClN3O. The van der Waals surface area contributed by atoms with Crippen molar-refractivity contribution in [2.75, 3.05) is 5.32 Å². The van der Waals surface area contributed by atoms with Gasteiger partial charge in [-0.2, -0.15) is 0 Å². The molecule has 0 aliphatic carbocycles. The summed E-state index contributed by atoms with van der Waals surface area (Å²) in [6.45, 7) is 2.03. The molecule has 4 nitrogen and oxygen atoms in total. The summed E-state index contributed by atoms with van der Waals surface area (Å²) < 4.78 is 0. The van der Waals surface area contributed by atoms with Crippen molar-refractivity contribution >= 4 is 23.3 Å². The summed E-state index contributed by atoms with van der Waals surface area (Å²) in [7, 11) is 0. The number of anilines is 1. The maximum atomic E-state index is 11.8. The molecule has 0 spiro atoms. The van der Waals surface area contributed by atoms with Crippen molar-refractivity contribution in [3.05, 3.63) is 52.9 Å². The van der Waals surface area contributed by atoms with Crippen LogP contribution >= 0.6 is 11.6 Å². The normalized spacial score (nSPS) is 10.2. The number of aromatic nitrogens is 2. The number of hydrogen-bond acceptors (Lipinski definition) is 3. The molecule has 1 N–H and O–H groups in total. The summed E-state index contributed by atoms with van der Waals surface area (Å²) in [6, 6.07) is 9.73. The molecular weight excluding hydrogens is 262 g/mol. The van der Waals surface area contributed by atoms with Crippen LogP contribution in [0.2, 0.25) is 5.28 Å². The molecule has 0 saturated carbocycles. The van der Waals surface area contributed by atoms with E-state index in [1.165, 1.54) is 11.8 Å². The first-order valence-electron chi connectivity index (χ1n) is 5.97. The number of nitrogens with one attached hydrogen (secondary N) is 1. The van der Waals surface area contributed by atoms with Gasteiger partial charge in [0.1, 0.15) is 5.82 Å². The minimum absolute atomic E-state index is 0.0868. The number of hydrogen-bond donors (Lipinski definition) is 1. The molecule has 0 radical (unpaired) electrons. The minimum atomic E-state index is -0.0868. The third-order valence-corrected chi connectivity index (χ3v) is 2.80. The van der Waals surface area contributed by atoms with E-state index in [1.54, 1.807) is 6.07 Å². The molecule has 0 aliphatic rings. The van der Waals surface area contributed by atoms with E-state index in [0.29, 0.717) is 18.7 Å². The smallest absolute Gasteiger partial charge is 0.225 e. The molecule has 0 atom stereocenters. The summed E-state index contributed by atoms with van der Waals surface area (Å²) >= 11 is 5.65. The molecule has 0 bridgehead atoms. The van der Waals surface area contributed by atoms with Gasteiger partial charge < -0.3 is 5.32 Å². The number of carbonyl (C=O) groups is 1. The van der Waals surface area contributed by atoms with Crippen molar-refractivity contribution in [1.82, 2.24) is 9.97 Å². The van der Waals surface area contributed by atoms with Crippen LogP contribution in [0.4, 0.5) is 5.82 Å². The summed E-state index contributed by atoms with van der Waals surface area (Å²) in [5.74, 6) is 0.338. The van der Waals surface area contributed by atoms with Crippen LogP contribution in [0.1, 0.15) is 17.5 Å². The van der Waals surface area contributed by atoms with Gasteiger partial charge in [0.05, 0.1) is 0 Å². The highest BCUT2D eigenvalue weighted by molar-refractivity contribution is 6.28. The second-order valence-corrected chi connectivity index (χ2v) is 4.59. The van der Waals surface area contributed by atoms with E-state index in [9.17, 15) is 4.79 Å². The number of benzene rings is 1. The van der Waals surface area contributed by atoms with Gasteiger partial charge in [-0.3, -0.25) is 4.79 Å². The minimum Gasteiger partial charge on any atom is -0.311 e. The average molecular weight is 276 g/mol. The first-order valence-corrected chi connectivity index (χ1v) is 6.35. The van der Waals surface area contributed by atoms with Gasteiger partial charge in [-0.1, -0.05) is 29.8 Å². The zero-order valence-corrected chi connectivity index (χ0v) is 11.3. The molecule has 0 aliphatic heterocycles. The van der Waals surface area contributed by atoms with Crippen LogP contribution in [0.25, 0.3) is 0 Å². The zero-order valence-electron chi connectivity index (χ0n) is 10.6. The number of halogens is 1. The molecule has 5 heteroatoms. The molecule has 19 heavy (non-hydrogen) atoms. The summed E-state index contributed by atoms with van der Waals surface area (Å²) in [5, 5.41) is 2.81. The summed E-state index contributed by atoms with van der Waals surface area (Å²) in [6.07, 6.45) is 2.61. The van der Waals surface area contributed by atoms with Crippen LogP contribution in [0.5, 0.6) is 0 Å². The fourth-order valence-corrected chi connectivity index (χ4v) is 1.88. The van der Waals surface area contributed by atoms with Crippen LogP contribution < -0.4 is 5.32 Å². The lowest BCUT2D eigenvalue weighted by atomic mass is 10.1. The highest BCUT2D eigenvalue weighted by Gasteiger charge is 2.05. The van der Waals surface area contributed by atoms with Crippen LogP contribution in [0.15, 0.2) is 36.5 Å². The van der Waals surface area contributed by atoms with E-state index in [1.807, 2.05) is 25.1 Å². The predicted molar refractivity (Wildman–Crippen MR) is 75.2 cm³/mol. The van der Waals surface area contributed by atoms with E-state index < -0.39 is 0 Å². The first-order chi connectivity index (χ1) is 9.13. The van der Waals surface area contributed by atoms with E-state index >= 15 is 0 Å². The third-order valence-electron chi connectivity index (χ3n) is 2.62. The maximum Gasteiger partial charge on any atom is 0.225 e. The molecule has 2 aromatic rings. The van der Waals surface area contributed by atoms with Gasteiger partial charge in [0.2, 0.25) is 11.2 Å². The van der Waals surface area contributed by atoms with E-state index in [0.717, 1.165) is 5.56 Å². The molecule has 0 fully saturated rings. The molecule has 1 aromatic heterocycles. The van der Waals surface area contributed by atoms with Crippen LogP contribution in [0, 0.1) is 6.92 Å². The van der Waals surface area contributed by atoms with Gasteiger partial charge in [0.25, 0.3) is 0 Å². The summed E-state index contributed by atoms with van der Waals surface area (Å²) in [5.41, 5.74) is 2.34. The van der Waals surface area contributed by atoms with E-state index in [-0.39, 0.29) is 11.2 Å². The number of nitrogens with zero attached hydrogens (tertiary/aromatic N) is 2. The molecule has 0 saturated heterocycles. The number of rotatable bonds is 4. The third kappa shape index (κ3) is 4.34. The first kappa shape index (κ1) is 13.5. The fraction of sp³-hybridized carbons (Fsp3) is 0.214. The number of aryl methyl sites for hydroxylation is 2. The highest BCUT2D eigenvalue weighted by atomic mass is 35.5. The molecule has 2 rings (SSSR count). The fourth-order valence-electron chi connectivity index (χ4n) is 1.74. The summed E-state index contributed by atoms with van der Waals surface area (Å²) in [4.78, 5) is 19.4. The van der Waals surface area contributed by atoms with Crippen LogP contribution in [-0.4, -0.2) is 15.9 Å². The maximum absolute atomic E-state index is 11.8. The van der Waals surface area contributed by atoms with E-state index in [4.69, 9.17) is 11.6 Å². The molecule has 1 heterocycles. The number of amides is 1. The lowest BCUT2D eigenvalue weighted by molar-refractivity contribution is -0.116. The van der Waals surface area contributed by atoms with Crippen molar-refractivity contribution in [2.45, 2.75) is 19.8 Å². The second kappa shape index (κ2) is 6.29. The molecule has 1 amide bonds. The Bertz CT molecular complexity index is 586. The van der Waals surface area contributed by atoms with Gasteiger partial charge in [-0.15, -0.1) is 0 Å². The van der Waals surface area contributed by atoms with E-state index in [2.05, 4.69) is 21.4 Å². The number of carbonyl (C=O) groups excluding carboxylic acids is 1. The molecule has 98 valence electrons. The van der Waals surface area contributed by atoms with Gasteiger partial charge in [0.15, 0.2) is 0 Å². The molecule has 0 unspecified atom stereocenters. The van der Waals surface area contributed by atoms with Crippen molar-refractivity contribution < 1.29 is 4.79 Å². The average Bonchev–Trinajstić information content (AvgIpc) is 2.36. The Kier molecular flexibility index (Phi) is 4.47. The second-order valence-electron chi connectivity index (χ2n) is 4.25. The quantitative estimate of drug-likeness (QED) is 0.873. The Morgan fingerprint density at radius 2 is 2.21 bits per heavy atom. The topological polar surface area (TPSA) is 54.9 Å². The predicted octanol–water partition coefficient (Wildman–Crippen LogP) is 3.01. The highest BCUT2D eigenvalue weighted by Crippen LogP contribution is 2.09. The lowest BCUT2D eigenvalue weighted by Gasteiger charge is -2.05. The Labute approximate surface area is 116 Å². The van der Waals surface area contributed by atoms with Gasteiger partial charge in [0, 0.05) is 12.6 Å². The largest absolute Gasteiger partial charge is 0.311 e. The van der Waals surface area contributed by atoms with Gasteiger partial charge in [-0.25, -0.2) is 9.97 Å². The SMILES string of the molecule is Cc1cccc(CCC(=O)Nc2ccnc(Cl)n2)c1. The van der Waals surface area contributed by atoms with Gasteiger partial charge >= 0.3 is 0 Å². The Hall–Kier alpha value is -1.94. The Balaban J connectivity index is 1.88. The van der Waals surface area contributed by atoms with Crippen molar-refractivity contribution in [1.29, 1.82) is 0 Å². The lowest BCUT2D eigenvalue weighted by Crippen LogP contribution is -2.13. The van der Waals surface area contributed by atoms with Crippen LogP contribution in [0.3, 0.4) is 0 Å². The Morgan fingerprint density at radius 1 is 1.37 bits per heavy atom. The Morgan fingerprint density at radius 3 is 2.95 bits per heavy atom. The standard InChI is InChI=1S/C14H14ClN3O/c1-10-3-2-4-11(9-10)5-6-13(19)17-12-7-8-16-14(15)18-12/h2-4,7-9H,5-6H2,1H3,(H,16,17,18,19). The monoisotopic (exact) mass is 275 g/mol.